The number of nitrogens with zero attached hydrogens (tertiary/aromatic N) is 5. The van der Waals surface area contributed by atoms with E-state index < -0.39 is 4.92 Å². The number of hydrogen-bond acceptors (Lipinski definition) is 4. The zero-order chi connectivity index (χ0) is 18.7. The molecule has 134 valence electrons. The highest BCUT2D eigenvalue weighted by molar-refractivity contribution is 5.84. The third kappa shape index (κ3) is 4.12. The van der Waals surface area contributed by atoms with Crippen molar-refractivity contribution in [2.24, 2.45) is 4.99 Å². The molecule has 0 saturated heterocycles. The summed E-state index contributed by atoms with van der Waals surface area (Å²) in [4.78, 5) is 19.5. The van der Waals surface area contributed by atoms with Gasteiger partial charge in [0.15, 0.2) is 0 Å². The standard InChI is InChI=1S/C19H22N5O2/c1-24(2,3)13-12-22-18-7-5-4-6-17(18)21-19(22)20-14-15-8-10-16(11-9-15)23(25)26/h4-11,14H,12-13H2,1-3H3/q+1. The fourth-order valence-corrected chi connectivity index (χ4v) is 2.60. The first-order valence-electron chi connectivity index (χ1n) is 8.38. The SMILES string of the molecule is C[N+](C)(C)CCn1c(N=Cc2ccc([N+](=O)[O-])cc2)nc2ccccc21. The molecule has 0 N–H and O–H groups in total. The average Bonchev–Trinajstić information content (AvgIpc) is 2.95. The van der Waals surface area contributed by atoms with E-state index in [9.17, 15) is 10.1 Å². The van der Waals surface area contributed by atoms with E-state index in [1.807, 2.05) is 24.3 Å². The summed E-state index contributed by atoms with van der Waals surface area (Å²) >= 11 is 0. The van der Waals surface area contributed by atoms with Crippen LogP contribution in [-0.4, -0.2) is 52.9 Å². The number of non-ortho nitro benzene ring substituents is 1. The molecule has 3 aromatic rings. The lowest BCUT2D eigenvalue weighted by Gasteiger charge is -2.24. The van der Waals surface area contributed by atoms with Crippen LogP contribution in [0.15, 0.2) is 53.5 Å². The third-order valence-electron chi connectivity index (χ3n) is 4.06. The van der Waals surface area contributed by atoms with E-state index in [4.69, 9.17) is 0 Å². The van der Waals surface area contributed by atoms with Gasteiger partial charge in [-0.15, -0.1) is 0 Å². The van der Waals surface area contributed by atoms with Gasteiger partial charge in [0.1, 0.15) is 0 Å². The van der Waals surface area contributed by atoms with Crippen LogP contribution in [-0.2, 0) is 6.54 Å². The second-order valence-electron chi connectivity index (χ2n) is 7.17. The first-order chi connectivity index (χ1) is 12.3. The molecule has 0 amide bonds. The summed E-state index contributed by atoms with van der Waals surface area (Å²) in [5.41, 5.74) is 2.82. The summed E-state index contributed by atoms with van der Waals surface area (Å²) in [6.07, 6.45) is 1.69. The number of hydrogen-bond donors (Lipinski definition) is 0. The Morgan fingerprint density at radius 1 is 1.15 bits per heavy atom. The molecule has 0 atom stereocenters. The highest BCUT2D eigenvalue weighted by Gasteiger charge is 2.13. The molecule has 2 aromatic carbocycles. The summed E-state index contributed by atoms with van der Waals surface area (Å²) < 4.78 is 2.96. The van der Waals surface area contributed by atoms with Crippen molar-refractivity contribution in [3.05, 3.63) is 64.2 Å². The van der Waals surface area contributed by atoms with Gasteiger partial charge in [0.25, 0.3) is 5.69 Å². The summed E-state index contributed by atoms with van der Waals surface area (Å²) in [6, 6.07) is 14.3. The Morgan fingerprint density at radius 2 is 1.85 bits per heavy atom. The van der Waals surface area contributed by atoms with E-state index in [1.165, 1.54) is 12.1 Å². The van der Waals surface area contributed by atoms with Crippen molar-refractivity contribution in [2.45, 2.75) is 6.54 Å². The molecule has 7 heteroatoms. The van der Waals surface area contributed by atoms with E-state index in [1.54, 1.807) is 18.3 Å². The molecule has 1 heterocycles. The molecule has 3 rings (SSSR count). The van der Waals surface area contributed by atoms with Gasteiger partial charge >= 0.3 is 0 Å². The molecule has 0 radical (unpaired) electrons. The van der Waals surface area contributed by atoms with Gasteiger partial charge in [-0.05, 0) is 29.8 Å². The van der Waals surface area contributed by atoms with E-state index in [0.29, 0.717) is 5.95 Å². The molecule has 0 spiro atoms. The molecule has 0 fully saturated rings. The number of para-hydroxylation sites is 2. The molecule has 0 aliphatic carbocycles. The van der Waals surface area contributed by atoms with Gasteiger partial charge in [-0.1, -0.05) is 12.1 Å². The monoisotopic (exact) mass is 352 g/mol. The predicted octanol–water partition coefficient (Wildman–Crippen LogP) is 3.40. The molecule has 0 unspecified atom stereocenters. The topological polar surface area (TPSA) is 73.3 Å². The van der Waals surface area contributed by atoms with Gasteiger partial charge in [0, 0.05) is 18.3 Å². The lowest BCUT2D eigenvalue weighted by atomic mass is 10.2. The zero-order valence-corrected chi connectivity index (χ0v) is 15.2. The Labute approximate surface area is 152 Å². The van der Waals surface area contributed by atoms with Crippen molar-refractivity contribution >= 4 is 28.9 Å². The second-order valence-corrected chi connectivity index (χ2v) is 7.17. The number of fused-ring (bicyclic) bond motifs is 1. The number of imidazole rings is 1. The molecular weight excluding hydrogens is 330 g/mol. The second kappa shape index (κ2) is 7.05. The molecule has 1 aromatic heterocycles. The van der Waals surface area contributed by atoms with Crippen LogP contribution in [0.2, 0.25) is 0 Å². The Bertz CT molecular complexity index is 952. The number of benzene rings is 2. The number of aromatic nitrogens is 2. The normalized spacial score (nSPS) is 12.1. The Morgan fingerprint density at radius 3 is 2.50 bits per heavy atom. The van der Waals surface area contributed by atoms with E-state index in [2.05, 4.69) is 35.7 Å². The smallest absolute Gasteiger partial charge is 0.269 e. The van der Waals surface area contributed by atoms with Crippen LogP contribution < -0.4 is 0 Å². The van der Waals surface area contributed by atoms with Crippen LogP contribution in [0.5, 0.6) is 0 Å². The maximum atomic E-state index is 10.7. The van der Waals surface area contributed by atoms with Crippen molar-refractivity contribution in [3.63, 3.8) is 0 Å². The maximum Gasteiger partial charge on any atom is 0.269 e. The van der Waals surface area contributed by atoms with Gasteiger partial charge in [-0.2, -0.15) is 0 Å². The van der Waals surface area contributed by atoms with Crippen LogP contribution in [0.1, 0.15) is 5.56 Å². The summed E-state index contributed by atoms with van der Waals surface area (Å²) in [5, 5.41) is 10.7. The van der Waals surface area contributed by atoms with Crippen molar-refractivity contribution in [1.29, 1.82) is 0 Å². The van der Waals surface area contributed by atoms with Crippen molar-refractivity contribution < 1.29 is 9.41 Å². The van der Waals surface area contributed by atoms with Crippen LogP contribution >= 0.6 is 0 Å². The average molecular weight is 352 g/mol. The first-order valence-corrected chi connectivity index (χ1v) is 8.38. The quantitative estimate of drug-likeness (QED) is 0.295. The summed E-state index contributed by atoms with van der Waals surface area (Å²) in [6.45, 7) is 1.75. The molecule has 7 nitrogen and oxygen atoms in total. The summed E-state index contributed by atoms with van der Waals surface area (Å²) in [7, 11) is 6.46. The van der Waals surface area contributed by atoms with Gasteiger partial charge in [-0.3, -0.25) is 10.1 Å². The summed E-state index contributed by atoms with van der Waals surface area (Å²) in [5.74, 6) is 0.637. The van der Waals surface area contributed by atoms with Gasteiger partial charge in [0.05, 0.1) is 50.2 Å². The molecular formula is C19H22N5O2+. The molecule has 0 aliphatic heterocycles. The number of aliphatic imine (C=N–C) groups is 1. The van der Waals surface area contributed by atoms with Crippen molar-refractivity contribution in [1.82, 2.24) is 9.55 Å². The van der Waals surface area contributed by atoms with Crippen LogP contribution in [0.4, 0.5) is 11.6 Å². The minimum Gasteiger partial charge on any atom is -0.329 e. The van der Waals surface area contributed by atoms with E-state index in [-0.39, 0.29) is 5.69 Å². The fourth-order valence-electron chi connectivity index (χ4n) is 2.60. The van der Waals surface area contributed by atoms with Gasteiger partial charge < -0.3 is 9.05 Å². The highest BCUT2D eigenvalue weighted by atomic mass is 16.6. The molecule has 0 saturated carbocycles. The third-order valence-corrected chi connectivity index (χ3v) is 4.06. The zero-order valence-electron chi connectivity index (χ0n) is 15.2. The number of nitro groups is 1. The van der Waals surface area contributed by atoms with Crippen LogP contribution in [0.25, 0.3) is 11.0 Å². The Kier molecular flexibility index (Phi) is 4.81. The lowest BCUT2D eigenvalue weighted by molar-refractivity contribution is -0.870. The van der Waals surface area contributed by atoms with Crippen LogP contribution in [0.3, 0.4) is 0 Å². The molecule has 0 aliphatic rings. The minimum atomic E-state index is -0.412. The van der Waals surface area contributed by atoms with E-state index in [0.717, 1.165) is 34.2 Å². The van der Waals surface area contributed by atoms with Gasteiger partial charge in [0.2, 0.25) is 5.95 Å². The Balaban J connectivity index is 1.92. The minimum absolute atomic E-state index is 0.0670. The van der Waals surface area contributed by atoms with Crippen LogP contribution in [0, 0.1) is 10.1 Å². The molecule has 26 heavy (non-hydrogen) atoms. The largest absolute Gasteiger partial charge is 0.329 e. The number of rotatable bonds is 6. The Hall–Kier alpha value is -3.06. The van der Waals surface area contributed by atoms with Gasteiger partial charge in [-0.25, -0.2) is 9.98 Å². The maximum absolute atomic E-state index is 10.7. The van der Waals surface area contributed by atoms with Crippen molar-refractivity contribution in [2.75, 3.05) is 27.7 Å². The molecule has 0 bridgehead atoms. The van der Waals surface area contributed by atoms with Crippen molar-refractivity contribution in [3.8, 4) is 0 Å². The highest BCUT2D eigenvalue weighted by Crippen LogP contribution is 2.22. The number of quaternary nitrogens is 1. The predicted molar refractivity (Wildman–Crippen MR) is 103 cm³/mol. The number of nitro benzene ring substituents is 1. The van der Waals surface area contributed by atoms with E-state index >= 15 is 0 Å². The fraction of sp³-hybridized carbons (Fsp3) is 0.263. The number of likely N-dealkylation sites (N-methyl/N-ethyl adjacent to an activating group) is 1. The lowest BCUT2D eigenvalue weighted by Crippen LogP contribution is -2.37. The first kappa shape index (κ1) is 17.8.